The van der Waals surface area contributed by atoms with Gasteiger partial charge in [-0.1, -0.05) is 36.9 Å². The van der Waals surface area contributed by atoms with Crippen molar-refractivity contribution in [2.45, 2.75) is 0 Å². The van der Waals surface area contributed by atoms with Crippen LogP contribution in [0.3, 0.4) is 0 Å². The first kappa shape index (κ1) is 7.61. The molecule has 0 heterocycles. The monoisotopic (exact) mass is 146 g/mol. The summed E-state index contributed by atoms with van der Waals surface area (Å²) in [6.07, 6.45) is 2.56. The molecule has 11 heavy (non-hydrogen) atoms. The Bertz CT molecular complexity index is 259. The van der Waals surface area contributed by atoms with Crippen molar-refractivity contribution in [3.63, 3.8) is 0 Å². The molecular weight excluding hydrogens is 136 g/mol. The number of hydrogen-bond acceptors (Lipinski definition) is 1. The smallest absolute Gasteiger partial charge is 0.0797 e. The Kier molecular flexibility index (Phi) is 2.50. The number of aliphatic hydroxyl groups excluding tert-OH is 1. The Labute approximate surface area is 66.3 Å². The van der Waals surface area contributed by atoms with Crippen LogP contribution in [0.1, 0.15) is 5.56 Å². The Morgan fingerprint density at radius 1 is 1.27 bits per heavy atom. The summed E-state index contributed by atoms with van der Waals surface area (Å²) >= 11 is 0. The van der Waals surface area contributed by atoms with Crippen LogP contribution in [-0.2, 0) is 0 Å². The minimum atomic E-state index is 0.813. The fourth-order valence-corrected chi connectivity index (χ4v) is 0.838. The van der Waals surface area contributed by atoms with Gasteiger partial charge in [0.05, 0.1) is 6.26 Å². The molecule has 0 fully saturated rings. The minimum Gasteiger partial charge on any atom is -0.516 e. The van der Waals surface area contributed by atoms with Gasteiger partial charge in [0.1, 0.15) is 0 Å². The van der Waals surface area contributed by atoms with Crippen LogP contribution in [0.15, 0.2) is 49.2 Å². The third-order valence-electron chi connectivity index (χ3n) is 1.42. The van der Waals surface area contributed by atoms with E-state index in [1.807, 2.05) is 30.3 Å². The third-order valence-corrected chi connectivity index (χ3v) is 1.42. The SMILES string of the molecule is C=C(/C=C/O)c1ccccc1. The molecule has 0 aliphatic heterocycles. The van der Waals surface area contributed by atoms with Gasteiger partial charge in [-0.2, -0.15) is 0 Å². The summed E-state index contributed by atoms with van der Waals surface area (Å²) in [5.41, 5.74) is 1.84. The molecule has 0 saturated heterocycles. The predicted octanol–water partition coefficient (Wildman–Crippen LogP) is 2.77. The quantitative estimate of drug-likeness (QED) is 0.502. The number of allylic oxidation sites excluding steroid dienone is 2. The highest BCUT2D eigenvalue weighted by atomic mass is 16.2. The molecule has 1 heteroatoms. The van der Waals surface area contributed by atoms with Crippen LogP contribution in [0.4, 0.5) is 0 Å². The predicted molar refractivity (Wildman–Crippen MR) is 47.2 cm³/mol. The van der Waals surface area contributed by atoms with Crippen molar-refractivity contribution in [2.75, 3.05) is 0 Å². The number of benzene rings is 1. The summed E-state index contributed by atoms with van der Waals surface area (Å²) in [7, 11) is 0. The summed E-state index contributed by atoms with van der Waals surface area (Å²) < 4.78 is 0. The molecule has 0 atom stereocenters. The highest BCUT2D eigenvalue weighted by Crippen LogP contribution is 2.11. The largest absolute Gasteiger partial charge is 0.516 e. The van der Waals surface area contributed by atoms with E-state index < -0.39 is 0 Å². The van der Waals surface area contributed by atoms with E-state index >= 15 is 0 Å². The van der Waals surface area contributed by atoms with Gasteiger partial charge in [0.15, 0.2) is 0 Å². The van der Waals surface area contributed by atoms with E-state index in [1.54, 1.807) is 6.08 Å². The molecule has 0 aliphatic carbocycles. The van der Waals surface area contributed by atoms with Gasteiger partial charge in [-0.15, -0.1) is 0 Å². The molecule has 1 N–H and O–H groups in total. The number of aliphatic hydroxyl groups is 1. The molecule has 0 radical (unpaired) electrons. The molecular formula is C10H10O. The molecule has 0 spiro atoms. The average Bonchev–Trinajstić information content (AvgIpc) is 2.07. The van der Waals surface area contributed by atoms with E-state index in [1.165, 1.54) is 0 Å². The van der Waals surface area contributed by atoms with Crippen LogP contribution in [0.2, 0.25) is 0 Å². The van der Waals surface area contributed by atoms with Crippen LogP contribution in [0, 0.1) is 0 Å². The number of hydrogen-bond donors (Lipinski definition) is 1. The standard InChI is InChI=1S/C10H10O/c1-9(7-8-11)10-5-3-2-4-6-10/h2-8,11H,1H2/b8-7+. The lowest BCUT2D eigenvalue weighted by molar-refractivity contribution is 0.474. The van der Waals surface area contributed by atoms with Crippen LogP contribution in [0.5, 0.6) is 0 Å². The van der Waals surface area contributed by atoms with Crippen molar-refractivity contribution in [2.24, 2.45) is 0 Å². The zero-order valence-corrected chi connectivity index (χ0v) is 6.20. The summed E-state index contributed by atoms with van der Waals surface area (Å²) in [6.45, 7) is 3.77. The van der Waals surface area contributed by atoms with E-state index in [-0.39, 0.29) is 0 Å². The Hall–Kier alpha value is -1.50. The van der Waals surface area contributed by atoms with Crippen molar-refractivity contribution >= 4 is 5.57 Å². The first-order valence-electron chi connectivity index (χ1n) is 3.39. The second kappa shape index (κ2) is 3.62. The zero-order valence-electron chi connectivity index (χ0n) is 6.20. The average molecular weight is 146 g/mol. The molecule has 1 rings (SSSR count). The maximum Gasteiger partial charge on any atom is 0.0797 e. The normalized spacial score (nSPS) is 10.2. The maximum absolute atomic E-state index is 8.46. The number of rotatable bonds is 2. The lowest BCUT2D eigenvalue weighted by atomic mass is 10.1. The van der Waals surface area contributed by atoms with Gasteiger partial charge in [0.2, 0.25) is 0 Å². The van der Waals surface area contributed by atoms with E-state index in [4.69, 9.17) is 5.11 Å². The molecule has 0 amide bonds. The Morgan fingerprint density at radius 2 is 1.91 bits per heavy atom. The van der Waals surface area contributed by atoms with E-state index in [0.717, 1.165) is 17.4 Å². The Morgan fingerprint density at radius 3 is 2.45 bits per heavy atom. The van der Waals surface area contributed by atoms with Gasteiger partial charge >= 0.3 is 0 Å². The van der Waals surface area contributed by atoms with E-state index in [0.29, 0.717) is 0 Å². The summed E-state index contributed by atoms with van der Waals surface area (Å²) in [5.74, 6) is 0. The molecule has 0 unspecified atom stereocenters. The summed E-state index contributed by atoms with van der Waals surface area (Å²) in [6, 6.07) is 9.71. The maximum atomic E-state index is 8.46. The molecule has 56 valence electrons. The molecule has 0 bridgehead atoms. The van der Waals surface area contributed by atoms with Crippen molar-refractivity contribution in [3.05, 3.63) is 54.8 Å². The fraction of sp³-hybridized carbons (Fsp3) is 0. The van der Waals surface area contributed by atoms with E-state index in [9.17, 15) is 0 Å². The van der Waals surface area contributed by atoms with Gasteiger partial charge < -0.3 is 5.11 Å². The van der Waals surface area contributed by atoms with Crippen LogP contribution >= 0.6 is 0 Å². The topological polar surface area (TPSA) is 20.2 Å². The lowest BCUT2D eigenvalue weighted by Gasteiger charge is -1.96. The lowest BCUT2D eigenvalue weighted by Crippen LogP contribution is -1.75. The molecule has 1 aromatic carbocycles. The first-order valence-corrected chi connectivity index (χ1v) is 3.39. The summed E-state index contributed by atoms with van der Waals surface area (Å²) in [4.78, 5) is 0. The highest BCUT2D eigenvalue weighted by molar-refractivity contribution is 5.71. The van der Waals surface area contributed by atoms with Gasteiger partial charge in [-0.25, -0.2) is 0 Å². The summed E-state index contributed by atoms with van der Waals surface area (Å²) in [5, 5.41) is 8.46. The van der Waals surface area contributed by atoms with Crippen LogP contribution < -0.4 is 0 Å². The minimum absolute atomic E-state index is 0.813. The molecule has 1 nitrogen and oxygen atoms in total. The molecule has 1 aromatic rings. The van der Waals surface area contributed by atoms with Gasteiger partial charge in [0, 0.05) is 0 Å². The Balaban J connectivity index is 2.86. The van der Waals surface area contributed by atoms with Gasteiger partial charge in [-0.3, -0.25) is 0 Å². The highest BCUT2D eigenvalue weighted by Gasteiger charge is 1.90. The van der Waals surface area contributed by atoms with Crippen molar-refractivity contribution in [3.8, 4) is 0 Å². The van der Waals surface area contributed by atoms with Crippen molar-refractivity contribution < 1.29 is 5.11 Å². The van der Waals surface area contributed by atoms with Crippen molar-refractivity contribution in [1.29, 1.82) is 0 Å². The zero-order chi connectivity index (χ0) is 8.10. The fourth-order valence-electron chi connectivity index (χ4n) is 0.838. The molecule has 0 saturated carbocycles. The second-order valence-electron chi connectivity index (χ2n) is 2.21. The first-order chi connectivity index (χ1) is 5.34. The van der Waals surface area contributed by atoms with E-state index in [2.05, 4.69) is 6.58 Å². The molecule has 0 aromatic heterocycles. The second-order valence-corrected chi connectivity index (χ2v) is 2.21. The molecule has 0 aliphatic rings. The third kappa shape index (κ3) is 1.97. The van der Waals surface area contributed by atoms with Gasteiger partial charge in [0.25, 0.3) is 0 Å². The van der Waals surface area contributed by atoms with Crippen LogP contribution in [0.25, 0.3) is 5.57 Å². The van der Waals surface area contributed by atoms with Gasteiger partial charge in [-0.05, 0) is 17.2 Å². The van der Waals surface area contributed by atoms with Crippen molar-refractivity contribution in [1.82, 2.24) is 0 Å². The van der Waals surface area contributed by atoms with Crippen LogP contribution in [-0.4, -0.2) is 5.11 Å².